The largest absolute Gasteiger partial charge is 0.449 e. The van der Waals surface area contributed by atoms with Crippen LogP contribution in [0.3, 0.4) is 0 Å². The predicted octanol–water partition coefficient (Wildman–Crippen LogP) is 7.16. The van der Waals surface area contributed by atoms with Gasteiger partial charge in [-0.2, -0.15) is 0 Å². The Morgan fingerprint density at radius 3 is 2.11 bits per heavy atom. The molecule has 0 bridgehead atoms. The molecule has 5 aromatic carbocycles. The lowest BCUT2D eigenvalue weighted by Gasteiger charge is -2.31. The van der Waals surface area contributed by atoms with Gasteiger partial charge in [-0.25, -0.2) is 9.59 Å². The fourth-order valence-electron chi connectivity index (χ4n) is 12.2. The van der Waals surface area contributed by atoms with Crippen molar-refractivity contribution in [1.29, 1.82) is 0 Å². The second-order valence-electron chi connectivity index (χ2n) is 22.0. The van der Waals surface area contributed by atoms with E-state index < -0.39 is 54.1 Å². The number of anilines is 1. The molecule has 0 saturated carbocycles. The van der Waals surface area contributed by atoms with Gasteiger partial charge >= 0.3 is 11.8 Å². The zero-order valence-electron chi connectivity index (χ0n) is 46.7. The van der Waals surface area contributed by atoms with E-state index in [2.05, 4.69) is 52.3 Å². The van der Waals surface area contributed by atoms with Gasteiger partial charge in [0.1, 0.15) is 24.7 Å². The molecule has 4 heterocycles. The Morgan fingerprint density at radius 1 is 0.744 bits per heavy atom. The molecule has 1 aromatic heterocycles. The predicted molar refractivity (Wildman–Crippen MR) is 309 cm³/mol. The molecule has 10 rings (SSSR count). The Kier molecular flexibility index (Phi) is 18.4. The van der Waals surface area contributed by atoms with Crippen LogP contribution in [0.4, 0.5) is 10.5 Å². The number of alkyl carbamates (subject to hydrolysis) is 1. The van der Waals surface area contributed by atoms with Gasteiger partial charge in [-0.15, -0.1) is 0 Å². The third kappa shape index (κ3) is 12.9. The van der Waals surface area contributed by atoms with E-state index in [0.717, 1.165) is 82.1 Å². The standard InChI is InChI=1S/C64H73N7O11/c1-40(81-38-42-25-23-41(24-26-42)13-11-35-79-33-7-8-34-80-36-12-17-43-15-10-22-53-59(43)69(2)64(78)70(53)54-30-32-57(73)68-60(54)74)51(29-31-56(65)72)66-61(75)55-37-45-16-9-14-44-27-28-52(62(76)71(55)58(44)45)67-63(77)82-39-50-48-20-5-3-18-46(48)47-19-4-6-21-49(47)50/h3-6,9-10,14-16,18-26,40,50-52,54-55H,7-8,11-13,17,27-39H2,1-2H3,(H2,65,72)(H,66,75)(H,67,77)(H,68,73,74)/t40-,51+,52+,54?,55+/m1/s1. The smallest absolute Gasteiger partial charge is 0.407 e. The third-order valence-electron chi connectivity index (χ3n) is 16.5. The number of carbonyl (C=O) groups excluding carboxylic acids is 6. The molecular weight excluding hydrogens is 1040 g/mol. The number of hydrogen-bond donors (Lipinski definition) is 4. The molecule has 5 atom stereocenters. The zero-order valence-corrected chi connectivity index (χ0v) is 46.7. The molecule has 1 unspecified atom stereocenters. The molecule has 4 aliphatic rings. The van der Waals surface area contributed by atoms with E-state index in [1.165, 1.54) is 10.1 Å². The number of nitrogens with two attached hydrogens (primary N) is 1. The molecule has 5 N–H and O–H groups in total. The summed E-state index contributed by atoms with van der Waals surface area (Å²) < 4.78 is 27.1. The number of carbonyl (C=O) groups is 6. The Labute approximate surface area is 477 Å². The van der Waals surface area contributed by atoms with Gasteiger partial charge in [0.25, 0.3) is 0 Å². The number of nitrogens with one attached hydrogen (secondary N) is 3. The first-order chi connectivity index (χ1) is 39.8. The molecular formula is C64H73N7O11. The number of aryl methyl sites for hydroxylation is 4. The highest BCUT2D eigenvalue weighted by molar-refractivity contribution is 6.07. The number of rotatable bonds is 26. The first kappa shape index (κ1) is 57.3. The summed E-state index contributed by atoms with van der Waals surface area (Å²) in [6, 6.07) is 32.8. The summed E-state index contributed by atoms with van der Waals surface area (Å²) in [5, 5.41) is 8.34. The summed E-state index contributed by atoms with van der Waals surface area (Å²) >= 11 is 0. The van der Waals surface area contributed by atoms with E-state index in [9.17, 15) is 33.6 Å². The second kappa shape index (κ2) is 26.3. The van der Waals surface area contributed by atoms with Gasteiger partial charge < -0.3 is 35.3 Å². The van der Waals surface area contributed by atoms with Crippen LogP contribution >= 0.6 is 0 Å². The molecule has 1 fully saturated rings. The molecule has 0 spiro atoms. The molecule has 1 aliphatic carbocycles. The van der Waals surface area contributed by atoms with Crippen LogP contribution in [0.25, 0.3) is 22.2 Å². The summed E-state index contributed by atoms with van der Waals surface area (Å²) in [5.74, 6) is -2.19. The van der Waals surface area contributed by atoms with Gasteiger partial charge in [0, 0.05) is 58.7 Å². The van der Waals surface area contributed by atoms with Gasteiger partial charge in [-0.1, -0.05) is 103 Å². The van der Waals surface area contributed by atoms with Crippen molar-refractivity contribution in [3.63, 3.8) is 0 Å². The van der Waals surface area contributed by atoms with Crippen LogP contribution in [-0.4, -0.2) is 102 Å². The number of piperidine rings is 1. The lowest BCUT2D eigenvalue weighted by molar-refractivity contribution is -0.135. The quantitative estimate of drug-likeness (QED) is 0.0314. The second-order valence-corrected chi connectivity index (χ2v) is 22.0. The number of para-hydroxylation sites is 2. The number of fused-ring (bicyclic) bond motifs is 4. The van der Waals surface area contributed by atoms with Crippen molar-refractivity contribution in [2.24, 2.45) is 12.8 Å². The maximum absolute atomic E-state index is 14.5. The molecule has 6 amide bonds. The van der Waals surface area contributed by atoms with Crippen LogP contribution < -0.4 is 32.3 Å². The van der Waals surface area contributed by atoms with Gasteiger partial charge in [-0.3, -0.25) is 43.3 Å². The third-order valence-corrected chi connectivity index (χ3v) is 16.5. The van der Waals surface area contributed by atoms with E-state index in [1.54, 1.807) is 16.5 Å². The molecule has 6 aromatic rings. The van der Waals surface area contributed by atoms with Gasteiger partial charge in [0.2, 0.25) is 29.5 Å². The van der Waals surface area contributed by atoms with Crippen LogP contribution in [0.5, 0.6) is 0 Å². The fraction of sp³-hybridized carbons (Fsp3) is 0.422. The molecule has 18 nitrogen and oxygen atoms in total. The molecule has 18 heteroatoms. The Morgan fingerprint density at radius 2 is 1.40 bits per heavy atom. The Hall–Kier alpha value is -7.93. The van der Waals surface area contributed by atoms with Gasteiger partial charge in [0.05, 0.1) is 35.5 Å². The van der Waals surface area contributed by atoms with Crippen molar-refractivity contribution in [2.75, 3.05) is 37.9 Å². The van der Waals surface area contributed by atoms with Crippen LogP contribution in [-0.2, 0) is 82.3 Å². The summed E-state index contributed by atoms with van der Waals surface area (Å²) in [6.45, 7) is 4.71. The molecule has 430 valence electrons. The number of benzene rings is 5. The van der Waals surface area contributed by atoms with E-state index >= 15 is 0 Å². The van der Waals surface area contributed by atoms with Crippen LogP contribution in [0.2, 0.25) is 0 Å². The Bertz CT molecular complexity index is 3340. The summed E-state index contributed by atoms with van der Waals surface area (Å²) in [4.78, 5) is 93.7. The number of amides is 6. The summed E-state index contributed by atoms with van der Waals surface area (Å²) in [6.07, 6.45) is 5.63. The van der Waals surface area contributed by atoms with Gasteiger partial charge in [-0.05, 0) is 127 Å². The maximum atomic E-state index is 14.5. The minimum absolute atomic E-state index is 0.0239. The molecule has 3 aliphatic heterocycles. The number of imidazole rings is 1. The number of aromatic nitrogens is 2. The number of primary amides is 1. The number of imide groups is 1. The van der Waals surface area contributed by atoms with Crippen molar-refractivity contribution in [3.05, 3.63) is 159 Å². The lowest BCUT2D eigenvalue weighted by Crippen LogP contribution is -2.56. The zero-order chi connectivity index (χ0) is 57.3. The highest BCUT2D eigenvalue weighted by Gasteiger charge is 2.45. The first-order valence-corrected chi connectivity index (χ1v) is 28.9. The highest BCUT2D eigenvalue weighted by atomic mass is 16.5. The molecule has 82 heavy (non-hydrogen) atoms. The highest BCUT2D eigenvalue weighted by Crippen LogP contribution is 2.45. The fourth-order valence-corrected chi connectivity index (χ4v) is 12.2. The SMILES string of the molecule is C[C@@H](OCc1ccc(CCCOCCCCOCCCc2cccc3c2n(C)c(=O)n3C2CCC(=O)NC2=O)cc1)[C@H](CCC(N)=O)NC(=O)[C@@H]1Cc2cccc3c2N1C(=O)[C@@H](NC(=O)OCC1c2ccccc2-c2ccccc21)CC3. The molecule has 1 saturated heterocycles. The number of nitrogens with zero attached hydrogens (tertiary/aromatic N) is 3. The molecule has 0 radical (unpaired) electrons. The number of ether oxygens (including phenoxy) is 4. The van der Waals surface area contributed by atoms with Crippen molar-refractivity contribution in [3.8, 4) is 11.1 Å². The topological polar surface area (TPSA) is 232 Å². The summed E-state index contributed by atoms with van der Waals surface area (Å²) in [7, 11) is 1.72. The van der Waals surface area contributed by atoms with Crippen molar-refractivity contribution < 1.29 is 47.7 Å². The maximum Gasteiger partial charge on any atom is 0.407 e. The van der Waals surface area contributed by atoms with Crippen molar-refractivity contribution >= 4 is 52.3 Å². The monoisotopic (exact) mass is 1120 g/mol. The lowest BCUT2D eigenvalue weighted by atomic mass is 9.98. The number of hydrogen-bond acceptors (Lipinski definition) is 11. The van der Waals surface area contributed by atoms with Crippen LogP contribution in [0, 0.1) is 0 Å². The van der Waals surface area contributed by atoms with Crippen LogP contribution in [0.1, 0.15) is 116 Å². The average molecular weight is 1120 g/mol. The minimum Gasteiger partial charge on any atom is -0.449 e. The Balaban J connectivity index is 0.637. The summed E-state index contributed by atoms with van der Waals surface area (Å²) in [5.41, 5.74) is 16.8. The number of unbranched alkanes of at least 4 members (excludes halogenated alkanes) is 1. The average Bonchev–Trinajstić information content (AvgIpc) is 4.26. The normalized spacial score (nSPS) is 18.1. The van der Waals surface area contributed by atoms with Crippen molar-refractivity contribution in [2.45, 2.75) is 133 Å². The van der Waals surface area contributed by atoms with E-state index in [4.69, 9.17) is 24.7 Å². The van der Waals surface area contributed by atoms with E-state index in [1.807, 2.05) is 79.7 Å². The van der Waals surface area contributed by atoms with Crippen molar-refractivity contribution in [1.82, 2.24) is 25.1 Å². The van der Waals surface area contributed by atoms with Crippen LogP contribution in [0.15, 0.2) is 114 Å². The van der Waals surface area contributed by atoms with E-state index in [-0.39, 0.29) is 62.3 Å². The van der Waals surface area contributed by atoms with Gasteiger partial charge in [0.15, 0.2) is 0 Å². The first-order valence-electron chi connectivity index (χ1n) is 28.9. The van der Waals surface area contributed by atoms with E-state index in [0.29, 0.717) is 63.3 Å². The minimum atomic E-state index is -0.933.